The smallest absolute Gasteiger partial charge is 0.306 e. The van der Waals surface area contributed by atoms with Crippen molar-refractivity contribution in [1.29, 1.82) is 0 Å². The maximum atomic E-state index is 11.5. The van der Waals surface area contributed by atoms with E-state index in [4.69, 9.17) is 4.74 Å². The van der Waals surface area contributed by atoms with Gasteiger partial charge in [0, 0.05) is 11.3 Å². The number of hydrogen-bond donors (Lipinski definition) is 1. The Morgan fingerprint density at radius 3 is 2.62 bits per heavy atom. The molecule has 0 aromatic heterocycles. The van der Waals surface area contributed by atoms with Crippen LogP contribution in [0.1, 0.15) is 59.3 Å². The molecule has 2 aliphatic carbocycles. The molecule has 0 bridgehead atoms. The second-order valence-electron chi connectivity index (χ2n) is 7.56. The molecule has 0 aliphatic heterocycles. The Bertz CT molecular complexity index is 366. The number of carbonyl (C=O) groups excluding carboxylic acids is 1. The van der Waals surface area contributed by atoms with E-state index in [1.807, 2.05) is 0 Å². The fraction of sp³-hybridized carbons (Fsp3) is 0.941. The summed E-state index contributed by atoms with van der Waals surface area (Å²) in [5.41, 5.74) is 0.645. The van der Waals surface area contributed by atoms with Crippen LogP contribution in [-0.2, 0) is 9.53 Å². The molecule has 2 unspecified atom stereocenters. The van der Waals surface area contributed by atoms with E-state index >= 15 is 0 Å². The molecule has 0 aromatic rings. The molecule has 0 radical (unpaired) electrons. The van der Waals surface area contributed by atoms with Gasteiger partial charge in [-0.25, -0.2) is 0 Å². The molecule has 1 N–H and O–H groups in total. The Morgan fingerprint density at radius 1 is 1.33 bits per heavy atom. The fourth-order valence-electron chi connectivity index (χ4n) is 3.44. The minimum atomic E-state index is -0.0412. The standard InChI is InChI=1S/C17H31NO2S/c1-5-10-18-15-13(6-7-16(15,2)3)21-12-17(8-9-17)11-14(19)20-4/h13,15,18H,5-12H2,1-4H3. The molecule has 3 nitrogen and oxygen atoms in total. The Labute approximate surface area is 134 Å². The van der Waals surface area contributed by atoms with Gasteiger partial charge in [0.05, 0.1) is 13.5 Å². The SMILES string of the molecule is CCCNC1C(SCC2(CC(=O)OC)CC2)CCC1(C)C. The van der Waals surface area contributed by atoms with E-state index in [0.717, 1.165) is 12.3 Å². The van der Waals surface area contributed by atoms with E-state index in [2.05, 4.69) is 37.8 Å². The minimum Gasteiger partial charge on any atom is -0.469 e. The molecule has 0 saturated heterocycles. The highest BCUT2D eigenvalue weighted by Gasteiger charge is 2.47. The van der Waals surface area contributed by atoms with E-state index in [1.165, 1.54) is 39.2 Å². The molecule has 2 aliphatic rings. The molecule has 122 valence electrons. The lowest BCUT2D eigenvalue weighted by molar-refractivity contribution is -0.141. The number of ether oxygens (including phenoxy) is 1. The zero-order chi connectivity index (χ0) is 15.5. The summed E-state index contributed by atoms with van der Waals surface area (Å²) in [7, 11) is 1.50. The Kier molecular flexibility index (Phi) is 5.64. The van der Waals surface area contributed by atoms with Crippen molar-refractivity contribution >= 4 is 17.7 Å². The monoisotopic (exact) mass is 313 g/mol. The van der Waals surface area contributed by atoms with E-state index in [0.29, 0.717) is 23.1 Å². The Balaban J connectivity index is 1.85. The van der Waals surface area contributed by atoms with Crippen LogP contribution in [0.4, 0.5) is 0 Å². The first-order chi connectivity index (χ1) is 9.92. The molecule has 21 heavy (non-hydrogen) atoms. The number of carbonyl (C=O) groups is 1. The third kappa shape index (κ3) is 4.38. The van der Waals surface area contributed by atoms with Gasteiger partial charge in [0.2, 0.25) is 0 Å². The van der Waals surface area contributed by atoms with Crippen LogP contribution in [0.2, 0.25) is 0 Å². The fourth-order valence-corrected chi connectivity index (χ4v) is 5.34. The summed E-state index contributed by atoms with van der Waals surface area (Å²) in [6.45, 7) is 8.12. The average Bonchev–Trinajstić information content (AvgIpc) is 3.14. The predicted molar refractivity (Wildman–Crippen MR) is 89.6 cm³/mol. The minimum absolute atomic E-state index is 0.0412. The molecule has 2 atom stereocenters. The van der Waals surface area contributed by atoms with Crippen LogP contribution in [0.25, 0.3) is 0 Å². The zero-order valence-corrected chi connectivity index (χ0v) is 14.9. The molecule has 0 spiro atoms. The van der Waals surface area contributed by atoms with Crippen molar-refractivity contribution in [2.24, 2.45) is 10.8 Å². The van der Waals surface area contributed by atoms with Crippen LogP contribution in [0.15, 0.2) is 0 Å². The molecule has 0 aromatic carbocycles. The molecule has 4 heteroatoms. The normalized spacial score (nSPS) is 29.3. The second-order valence-corrected chi connectivity index (χ2v) is 8.79. The maximum absolute atomic E-state index is 11.5. The number of rotatable bonds is 8. The number of hydrogen-bond acceptors (Lipinski definition) is 4. The van der Waals surface area contributed by atoms with Gasteiger partial charge in [-0.3, -0.25) is 4.79 Å². The van der Waals surface area contributed by atoms with Crippen molar-refractivity contribution in [2.75, 3.05) is 19.4 Å². The van der Waals surface area contributed by atoms with Gasteiger partial charge in [-0.2, -0.15) is 11.8 Å². The van der Waals surface area contributed by atoms with Gasteiger partial charge >= 0.3 is 5.97 Å². The van der Waals surface area contributed by atoms with Crippen molar-refractivity contribution in [3.05, 3.63) is 0 Å². The first-order valence-corrected chi connectivity index (χ1v) is 9.39. The van der Waals surface area contributed by atoms with Crippen molar-refractivity contribution in [3.8, 4) is 0 Å². The van der Waals surface area contributed by atoms with Gasteiger partial charge < -0.3 is 10.1 Å². The van der Waals surface area contributed by atoms with E-state index in [9.17, 15) is 4.79 Å². The molecule has 0 amide bonds. The van der Waals surface area contributed by atoms with Gasteiger partial charge in [0.1, 0.15) is 0 Å². The van der Waals surface area contributed by atoms with Gasteiger partial charge in [-0.1, -0.05) is 20.8 Å². The summed E-state index contributed by atoms with van der Waals surface area (Å²) in [4.78, 5) is 11.5. The van der Waals surface area contributed by atoms with E-state index in [-0.39, 0.29) is 11.4 Å². The molecular formula is C17H31NO2S. The van der Waals surface area contributed by atoms with E-state index < -0.39 is 0 Å². The highest BCUT2D eigenvalue weighted by atomic mass is 32.2. The van der Waals surface area contributed by atoms with Crippen LogP contribution < -0.4 is 5.32 Å². The number of thioether (sulfide) groups is 1. The van der Waals surface area contributed by atoms with Crippen molar-refractivity contribution in [2.45, 2.75) is 70.6 Å². The summed E-state index contributed by atoms with van der Waals surface area (Å²) in [6, 6.07) is 0.608. The van der Waals surface area contributed by atoms with Gasteiger partial charge in [0.25, 0.3) is 0 Å². The molecule has 0 heterocycles. The van der Waals surface area contributed by atoms with Gasteiger partial charge in [0.15, 0.2) is 0 Å². The predicted octanol–water partition coefficient (Wildman–Crippen LogP) is 3.62. The largest absolute Gasteiger partial charge is 0.469 e. The summed E-state index contributed by atoms with van der Waals surface area (Å²) >= 11 is 2.10. The second kappa shape index (κ2) is 6.91. The highest BCUT2D eigenvalue weighted by Crippen LogP contribution is 2.53. The molecular weight excluding hydrogens is 282 g/mol. The molecule has 2 fully saturated rings. The number of nitrogens with one attached hydrogen (secondary N) is 1. The van der Waals surface area contributed by atoms with Crippen molar-refractivity contribution < 1.29 is 9.53 Å². The van der Waals surface area contributed by atoms with Crippen LogP contribution in [0.5, 0.6) is 0 Å². The van der Waals surface area contributed by atoms with Gasteiger partial charge in [-0.05, 0) is 55.2 Å². The Hall–Kier alpha value is -0.220. The summed E-state index contributed by atoms with van der Waals surface area (Å²) in [6.07, 6.45) is 6.79. The topological polar surface area (TPSA) is 38.3 Å². The van der Waals surface area contributed by atoms with Crippen LogP contribution in [0, 0.1) is 10.8 Å². The lowest BCUT2D eigenvalue weighted by Crippen LogP contribution is -2.44. The zero-order valence-electron chi connectivity index (χ0n) is 14.0. The maximum Gasteiger partial charge on any atom is 0.306 e. The van der Waals surface area contributed by atoms with Crippen molar-refractivity contribution in [1.82, 2.24) is 5.32 Å². The van der Waals surface area contributed by atoms with Gasteiger partial charge in [-0.15, -0.1) is 0 Å². The lowest BCUT2D eigenvalue weighted by atomic mass is 9.87. The third-order valence-corrected chi connectivity index (χ3v) is 6.92. The van der Waals surface area contributed by atoms with Crippen molar-refractivity contribution in [3.63, 3.8) is 0 Å². The summed E-state index contributed by atoms with van der Waals surface area (Å²) in [5.74, 6) is 1.08. The van der Waals surface area contributed by atoms with Crippen LogP contribution in [0.3, 0.4) is 0 Å². The highest BCUT2D eigenvalue weighted by molar-refractivity contribution is 8.00. The number of esters is 1. The first kappa shape index (κ1) is 17.1. The Morgan fingerprint density at radius 2 is 2.05 bits per heavy atom. The lowest BCUT2D eigenvalue weighted by Gasteiger charge is -2.32. The van der Waals surface area contributed by atoms with Crippen LogP contribution >= 0.6 is 11.8 Å². The van der Waals surface area contributed by atoms with Crippen LogP contribution in [-0.4, -0.2) is 36.7 Å². The average molecular weight is 314 g/mol. The summed E-state index contributed by atoms with van der Waals surface area (Å²) in [5, 5.41) is 4.46. The first-order valence-electron chi connectivity index (χ1n) is 8.34. The molecule has 2 saturated carbocycles. The van der Waals surface area contributed by atoms with E-state index in [1.54, 1.807) is 0 Å². The third-order valence-electron chi connectivity index (χ3n) is 5.21. The number of methoxy groups -OCH3 is 1. The quantitative estimate of drug-likeness (QED) is 0.695. The molecule has 2 rings (SSSR count). The summed E-state index contributed by atoms with van der Waals surface area (Å²) < 4.78 is 4.84.